The smallest absolute Gasteiger partial charge is 0.233 e. The molecule has 0 aromatic carbocycles. The second kappa shape index (κ2) is 7.59. The number of aromatic nitrogens is 2. The number of likely N-dealkylation sites (tertiary alicyclic amines) is 2. The van der Waals surface area contributed by atoms with Crippen molar-refractivity contribution in [1.82, 2.24) is 19.8 Å². The van der Waals surface area contributed by atoms with Gasteiger partial charge in [0.15, 0.2) is 4.34 Å². The number of carbonyl (C=O) groups excluding carboxylic acids is 2. The van der Waals surface area contributed by atoms with Crippen LogP contribution < -0.4 is 0 Å². The van der Waals surface area contributed by atoms with E-state index in [1.54, 1.807) is 17.5 Å². The molecule has 0 aliphatic carbocycles. The Hall–Kier alpha value is -1.93. The Balaban J connectivity index is 1.34. The Morgan fingerprint density at radius 3 is 2.93 bits per heavy atom. The largest absolute Gasteiger partial charge is 0.341 e. The van der Waals surface area contributed by atoms with E-state index in [1.165, 1.54) is 11.8 Å². The van der Waals surface area contributed by atoms with Gasteiger partial charge in [-0.15, -0.1) is 11.3 Å². The first-order valence-electron chi connectivity index (χ1n) is 9.08. The first-order chi connectivity index (χ1) is 13.1. The summed E-state index contributed by atoms with van der Waals surface area (Å²) >= 11 is 3.05. The minimum atomic E-state index is -0.396. The van der Waals surface area contributed by atoms with Crippen LogP contribution in [-0.4, -0.2) is 57.0 Å². The molecule has 1 atom stereocenters. The zero-order chi connectivity index (χ0) is 18.9. The normalized spacial score (nSPS) is 22.2. The van der Waals surface area contributed by atoms with Crippen LogP contribution in [0.5, 0.6) is 0 Å². The molecule has 0 radical (unpaired) electrons. The number of rotatable bonds is 5. The zero-order valence-corrected chi connectivity index (χ0v) is 16.9. The van der Waals surface area contributed by atoms with Gasteiger partial charge in [-0.3, -0.25) is 14.6 Å². The quantitative estimate of drug-likeness (QED) is 0.719. The molecular formula is C19H22N4O2S2. The average molecular weight is 403 g/mol. The third-order valence-corrected chi connectivity index (χ3v) is 7.43. The lowest BCUT2D eigenvalue weighted by molar-refractivity contribution is -0.136. The van der Waals surface area contributed by atoms with Crippen molar-refractivity contribution < 1.29 is 9.59 Å². The highest BCUT2D eigenvalue weighted by molar-refractivity contribution is 8.01. The Morgan fingerprint density at radius 2 is 2.19 bits per heavy atom. The van der Waals surface area contributed by atoms with Crippen molar-refractivity contribution in [3.8, 4) is 0 Å². The third-order valence-electron chi connectivity index (χ3n) is 5.30. The molecule has 1 spiro atoms. The molecule has 27 heavy (non-hydrogen) atoms. The molecule has 0 bridgehead atoms. The van der Waals surface area contributed by atoms with Crippen LogP contribution in [0.4, 0.5) is 0 Å². The SMILES string of the molecule is Cc1csc(SCC(=O)N2CCC3(CCN(Cc4ccccn4)C3=O)C2)n1. The lowest BCUT2D eigenvalue weighted by atomic mass is 9.85. The van der Waals surface area contributed by atoms with Gasteiger partial charge in [0.05, 0.1) is 23.4 Å². The molecule has 4 heterocycles. The van der Waals surface area contributed by atoms with Crippen LogP contribution in [0.3, 0.4) is 0 Å². The maximum absolute atomic E-state index is 13.0. The lowest BCUT2D eigenvalue weighted by Crippen LogP contribution is -2.38. The number of pyridine rings is 1. The van der Waals surface area contributed by atoms with Gasteiger partial charge in [0.25, 0.3) is 0 Å². The summed E-state index contributed by atoms with van der Waals surface area (Å²) in [5, 5.41) is 1.99. The summed E-state index contributed by atoms with van der Waals surface area (Å²) in [5.74, 6) is 0.655. The number of carbonyl (C=O) groups is 2. The maximum Gasteiger partial charge on any atom is 0.233 e. The fraction of sp³-hybridized carbons (Fsp3) is 0.474. The fourth-order valence-electron chi connectivity index (χ4n) is 3.81. The predicted molar refractivity (Wildman–Crippen MR) is 105 cm³/mol. The van der Waals surface area contributed by atoms with E-state index in [0.29, 0.717) is 25.4 Å². The highest BCUT2D eigenvalue weighted by Crippen LogP contribution is 2.41. The molecule has 2 aliphatic rings. The highest BCUT2D eigenvalue weighted by Gasteiger charge is 2.51. The van der Waals surface area contributed by atoms with Crippen LogP contribution >= 0.6 is 23.1 Å². The molecule has 1 unspecified atom stereocenters. The molecule has 2 aromatic rings. The van der Waals surface area contributed by atoms with Crippen LogP contribution in [0.1, 0.15) is 24.2 Å². The molecule has 2 amide bonds. The van der Waals surface area contributed by atoms with Crippen molar-refractivity contribution in [3.63, 3.8) is 0 Å². The van der Waals surface area contributed by atoms with Gasteiger partial charge >= 0.3 is 0 Å². The maximum atomic E-state index is 13.0. The third kappa shape index (κ3) is 3.87. The summed E-state index contributed by atoms with van der Waals surface area (Å²) in [5.41, 5.74) is 1.50. The number of aryl methyl sites for hydroxylation is 1. The Bertz CT molecular complexity index is 841. The molecule has 2 aromatic heterocycles. The van der Waals surface area contributed by atoms with Gasteiger partial charge in [-0.25, -0.2) is 4.98 Å². The van der Waals surface area contributed by atoms with Crippen LogP contribution in [0, 0.1) is 12.3 Å². The van der Waals surface area contributed by atoms with Crippen molar-refractivity contribution in [2.75, 3.05) is 25.4 Å². The van der Waals surface area contributed by atoms with Crippen LogP contribution in [-0.2, 0) is 16.1 Å². The van der Waals surface area contributed by atoms with Gasteiger partial charge in [0.2, 0.25) is 11.8 Å². The van der Waals surface area contributed by atoms with E-state index in [4.69, 9.17) is 0 Å². The number of hydrogen-bond donors (Lipinski definition) is 0. The Labute approximate surface area is 167 Å². The van der Waals surface area contributed by atoms with Gasteiger partial charge in [0.1, 0.15) is 0 Å². The number of amides is 2. The van der Waals surface area contributed by atoms with Crippen molar-refractivity contribution in [2.24, 2.45) is 5.41 Å². The summed E-state index contributed by atoms with van der Waals surface area (Å²) in [4.78, 5) is 38.1. The van der Waals surface area contributed by atoms with E-state index in [2.05, 4.69) is 9.97 Å². The van der Waals surface area contributed by atoms with E-state index >= 15 is 0 Å². The summed E-state index contributed by atoms with van der Waals surface area (Å²) in [7, 11) is 0. The molecule has 142 valence electrons. The van der Waals surface area contributed by atoms with Crippen molar-refractivity contribution >= 4 is 34.9 Å². The molecule has 8 heteroatoms. The van der Waals surface area contributed by atoms with E-state index in [1.807, 2.05) is 40.3 Å². The van der Waals surface area contributed by atoms with Gasteiger partial charge in [-0.1, -0.05) is 17.8 Å². The van der Waals surface area contributed by atoms with Crippen molar-refractivity contribution in [2.45, 2.75) is 30.6 Å². The second-order valence-electron chi connectivity index (χ2n) is 7.19. The van der Waals surface area contributed by atoms with E-state index in [9.17, 15) is 9.59 Å². The van der Waals surface area contributed by atoms with E-state index < -0.39 is 5.41 Å². The lowest BCUT2D eigenvalue weighted by Gasteiger charge is -2.23. The monoisotopic (exact) mass is 402 g/mol. The summed E-state index contributed by atoms with van der Waals surface area (Å²) < 4.78 is 0.924. The number of thioether (sulfide) groups is 1. The molecular weight excluding hydrogens is 380 g/mol. The summed E-state index contributed by atoms with van der Waals surface area (Å²) in [6.45, 7) is 4.45. The Kier molecular flexibility index (Phi) is 5.19. The topological polar surface area (TPSA) is 66.4 Å². The first-order valence-corrected chi connectivity index (χ1v) is 10.9. The molecule has 2 aliphatic heterocycles. The van der Waals surface area contributed by atoms with Gasteiger partial charge in [0, 0.05) is 36.9 Å². The predicted octanol–water partition coefficient (Wildman–Crippen LogP) is 2.59. The zero-order valence-electron chi connectivity index (χ0n) is 15.3. The number of thiazole rings is 1. The molecule has 0 saturated carbocycles. The highest BCUT2D eigenvalue weighted by atomic mass is 32.2. The summed E-state index contributed by atoms with van der Waals surface area (Å²) in [6, 6.07) is 5.76. The van der Waals surface area contributed by atoms with E-state index in [-0.39, 0.29) is 11.8 Å². The second-order valence-corrected chi connectivity index (χ2v) is 9.27. The summed E-state index contributed by atoms with van der Waals surface area (Å²) in [6.07, 6.45) is 3.34. The van der Waals surface area contributed by atoms with Crippen molar-refractivity contribution in [1.29, 1.82) is 0 Å². The first kappa shape index (κ1) is 18.4. The van der Waals surface area contributed by atoms with Crippen LogP contribution in [0.15, 0.2) is 34.1 Å². The van der Waals surface area contributed by atoms with Gasteiger partial charge < -0.3 is 9.80 Å². The molecule has 0 N–H and O–H groups in total. The van der Waals surface area contributed by atoms with Crippen LogP contribution in [0.2, 0.25) is 0 Å². The van der Waals surface area contributed by atoms with Gasteiger partial charge in [-0.2, -0.15) is 0 Å². The molecule has 6 nitrogen and oxygen atoms in total. The van der Waals surface area contributed by atoms with Crippen LogP contribution in [0.25, 0.3) is 0 Å². The van der Waals surface area contributed by atoms with E-state index in [0.717, 1.165) is 35.1 Å². The minimum absolute atomic E-state index is 0.0979. The standard InChI is InChI=1S/C19H22N4O2S2/c1-14-11-26-18(21-14)27-12-16(24)23-9-6-19(13-23)5-8-22(17(19)25)10-15-4-2-3-7-20-15/h2-4,7,11H,5-6,8-10,12-13H2,1H3. The molecule has 2 fully saturated rings. The Morgan fingerprint density at radius 1 is 1.33 bits per heavy atom. The van der Waals surface area contributed by atoms with Crippen molar-refractivity contribution in [3.05, 3.63) is 41.2 Å². The number of hydrogen-bond acceptors (Lipinski definition) is 6. The molecule has 4 rings (SSSR count). The number of nitrogens with zero attached hydrogens (tertiary/aromatic N) is 4. The van der Waals surface area contributed by atoms with Gasteiger partial charge in [-0.05, 0) is 31.9 Å². The minimum Gasteiger partial charge on any atom is -0.341 e. The molecule has 2 saturated heterocycles. The fourth-order valence-corrected chi connectivity index (χ4v) is 5.56. The average Bonchev–Trinajstić information content (AvgIpc) is 3.37.